The molecule has 2 aromatic carbocycles. The van der Waals surface area contributed by atoms with Crippen molar-refractivity contribution in [1.29, 1.82) is 0 Å². The van der Waals surface area contributed by atoms with Gasteiger partial charge in [0.15, 0.2) is 6.61 Å². The van der Waals surface area contributed by atoms with Crippen LogP contribution in [0.3, 0.4) is 0 Å². The molecule has 0 aliphatic rings. The van der Waals surface area contributed by atoms with E-state index >= 15 is 0 Å². The van der Waals surface area contributed by atoms with Crippen molar-refractivity contribution in [2.45, 2.75) is 26.2 Å². The van der Waals surface area contributed by atoms with E-state index in [2.05, 4.69) is 10.3 Å². The molecule has 0 bridgehead atoms. The largest absolute Gasteiger partial charge is 0.456 e. The van der Waals surface area contributed by atoms with Crippen molar-refractivity contribution in [3.8, 4) is 0 Å². The number of nitrogens with one attached hydrogen (secondary N) is 1. The normalized spacial score (nSPS) is 10.7. The van der Waals surface area contributed by atoms with Gasteiger partial charge in [0.25, 0.3) is 5.91 Å². The van der Waals surface area contributed by atoms with Gasteiger partial charge >= 0.3 is 5.97 Å². The zero-order valence-electron chi connectivity index (χ0n) is 14.8. The number of esters is 1. The molecule has 3 rings (SSSR count). The fourth-order valence-corrected chi connectivity index (χ4v) is 3.74. The lowest BCUT2D eigenvalue weighted by molar-refractivity contribution is -0.147. The van der Waals surface area contributed by atoms with Gasteiger partial charge in [0, 0.05) is 17.1 Å². The fraction of sp³-hybridized carbons (Fsp3) is 0.250. The molecule has 0 aliphatic carbocycles. The van der Waals surface area contributed by atoms with Crippen LogP contribution >= 0.6 is 22.9 Å². The van der Waals surface area contributed by atoms with Crippen LogP contribution in [0.15, 0.2) is 42.5 Å². The minimum Gasteiger partial charge on any atom is -0.456 e. The molecule has 3 aromatic rings. The van der Waals surface area contributed by atoms with Crippen molar-refractivity contribution in [3.63, 3.8) is 0 Å². The summed E-state index contributed by atoms with van der Waals surface area (Å²) in [5.74, 6) is -0.783. The summed E-state index contributed by atoms with van der Waals surface area (Å²) in [6.45, 7) is 1.50. The number of benzene rings is 2. The highest BCUT2D eigenvalue weighted by Gasteiger charge is 2.11. The molecule has 140 valence electrons. The topological polar surface area (TPSA) is 68.3 Å². The van der Waals surface area contributed by atoms with Crippen LogP contribution in [0.4, 0.5) is 5.69 Å². The maximum Gasteiger partial charge on any atom is 0.306 e. The van der Waals surface area contributed by atoms with Gasteiger partial charge in [-0.3, -0.25) is 9.59 Å². The molecular formula is C20H19ClN2O3S. The van der Waals surface area contributed by atoms with E-state index in [9.17, 15) is 9.59 Å². The van der Waals surface area contributed by atoms with Crippen LogP contribution in [0, 0.1) is 6.92 Å². The zero-order valence-corrected chi connectivity index (χ0v) is 16.4. The van der Waals surface area contributed by atoms with Crippen molar-refractivity contribution in [3.05, 3.63) is 58.1 Å². The highest BCUT2D eigenvalue weighted by atomic mass is 35.5. The molecule has 7 heteroatoms. The highest BCUT2D eigenvalue weighted by Crippen LogP contribution is 2.23. The predicted molar refractivity (Wildman–Crippen MR) is 108 cm³/mol. The number of carbonyl (C=O) groups excluding carboxylic acids is 2. The third-order valence-electron chi connectivity index (χ3n) is 4.02. The van der Waals surface area contributed by atoms with Crippen LogP contribution in [0.25, 0.3) is 10.2 Å². The number of amides is 1. The third-order valence-corrected chi connectivity index (χ3v) is 5.52. The SMILES string of the molecule is Cc1c(Cl)cccc1NC(=O)COC(=O)CCCc1nc2ccccc2s1. The van der Waals surface area contributed by atoms with Gasteiger partial charge in [0.2, 0.25) is 0 Å². The number of hydrogen-bond acceptors (Lipinski definition) is 5. The second-order valence-corrected chi connectivity index (χ2v) is 7.57. The van der Waals surface area contributed by atoms with Gasteiger partial charge in [-0.1, -0.05) is 29.8 Å². The van der Waals surface area contributed by atoms with Crippen LogP contribution < -0.4 is 5.32 Å². The van der Waals surface area contributed by atoms with Crippen LogP contribution in [-0.4, -0.2) is 23.5 Å². The Bertz CT molecular complexity index is 938. The minimum absolute atomic E-state index is 0.249. The molecule has 0 saturated carbocycles. The van der Waals surface area contributed by atoms with E-state index in [0.29, 0.717) is 23.6 Å². The lowest BCUT2D eigenvalue weighted by atomic mass is 10.2. The average molecular weight is 403 g/mol. The lowest BCUT2D eigenvalue weighted by Gasteiger charge is -2.09. The first kappa shape index (κ1) is 19.3. The summed E-state index contributed by atoms with van der Waals surface area (Å²) in [6, 6.07) is 13.2. The second kappa shape index (κ2) is 8.97. The fourth-order valence-electron chi connectivity index (χ4n) is 2.56. The van der Waals surface area contributed by atoms with Gasteiger partial charge in [-0.05, 0) is 49.6 Å². The van der Waals surface area contributed by atoms with Gasteiger partial charge in [-0.25, -0.2) is 4.98 Å². The predicted octanol–water partition coefficient (Wildman–Crippen LogP) is 4.76. The van der Waals surface area contributed by atoms with E-state index in [-0.39, 0.29) is 18.9 Å². The standard InChI is InChI=1S/C20H19ClN2O3S/c1-13-14(21)6-4-8-15(13)22-18(24)12-26-20(25)11-5-10-19-23-16-7-2-3-9-17(16)27-19/h2-4,6-9H,5,10-12H2,1H3,(H,22,24). The van der Waals surface area contributed by atoms with Gasteiger partial charge in [0.05, 0.1) is 15.2 Å². The molecule has 0 aliphatic heterocycles. The Morgan fingerprint density at radius 1 is 1.19 bits per heavy atom. The number of hydrogen-bond donors (Lipinski definition) is 1. The molecule has 1 N–H and O–H groups in total. The van der Waals surface area contributed by atoms with Crippen molar-refractivity contribution in [2.24, 2.45) is 0 Å². The number of aromatic nitrogens is 1. The Morgan fingerprint density at radius 2 is 2.00 bits per heavy atom. The number of ether oxygens (including phenoxy) is 1. The Morgan fingerprint density at radius 3 is 2.81 bits per heavy atom. The monoisotopic (exact) mass is 402 g/mol. The Balaban J connectivity index is 1.40. The third kappa shape index (κ3) is 5.28. The number of carbonyl (C=O) groups is 2. The van der Waals surface area contributed by atoms with Crippen molar-refractivity contribution < 1.29 is 14.3 Å². The van der Waals surface area contributed by atoms with Gasteiger partial charge in [-0.2, -0.15) is 0 Å². The second-order valence-electron chi connectivity index (χ2n) is 6.05. The molecule has 0 spiro atoms. The van der Waals surface area contributed by atoms with Crippen LogP contribution in [-0.2, 0) is 20.7 Å². The maximum absolute atomic E-state index is 11.9. The van der Waals surface area contributed by atoms with E-state index < -0.39 is 5.97 Å². The number of rotatable bonds is 7. The molecule has 0 fully saturated rings. The first-order chi connectivity index (χ1) is 13.0. The molecule has 1 heterocycles. The first-order valence-electron chi connectivity index (χ1n) is 8.58. The molecule has 0 unspecified atom stereocenters. The number of nitrogens with zero attached hydrogens (tertiary/aromatic N) is 1. The number of thiazole rings is 1. The summed E-state index contributed by atoms with van der Waals surface area (Å²) < 4.78 is 6.18. The molecule has 0 radical (unpaired) electrons. The number of halogens is 1. The minimum atomic E-state index is -0.394. The van der Waals surface area contributed by atoms with Gasteiger partial charge in [-0.15, -0.1) is 11.3 Å². The smallest absolute Gasteiger partial charge is 0.306 e. The van der Waals surface area contributed by atoms with E-state index in [1.807, 2.05) is 31.2 Å². The Hall–Kier alpha value is -2.44. The zero-order chi connectivity index (χ0) is 19.2. The maximum atomic E-state index is 11.9. The van der Waals surface area contributed by atoms with Crippen LogP contribution in [0.2, 0.25) is 5.02 Å². The van der Waals surface area contributed by atoms with Crippen molar-refractivity contribution in [2.75, 3.05) is 11.9 Å². The summed E-state index contributed by atoms with van der Waals surface area (Å²) in [5, 5.41) is 4.26. The number of anilines is 1. The number of fused-ring (bicyclic) bond motifs is 1. The molecule has 5 nitrogen and oxygen atoms in total. The van der Waals surface area contributed by atoms with Gasteiger partial charge in [0.1, 0.15) is 0 Å². The number of aryl methyl sites for hydroxylation is 1. The van der Waals surface area contributed by atoms with E-state index in [1.165, 1.54) is 0 Å². The quantitative estimate of drug-likeness (QED) is 0.578. The van der Waals surface area contributed by atoms with E-state index in [4.69, 9.17) is 16.3 Å². The first-order valence-corrected chi connectivity index (χ1v) is 9.77. The molecule has 27 heavy (non-hydrogen) atoms. The molecule has 0 atom stereocenters. The summed E-state index contributed by atoms with van der Waals surface area (Å²) in [7, 11) is 0. The van der Waals surface area contributed by atoms with Crippen molar-refractivity contribution >= 4 is 50.7 Å². The van der Waals surface area contributed by atoms with Crippen molar-refractivity contribution in [1.82, 2.24) is 4.98 Å². The molecule has 0 saturated heterocycles. The van der Waals surface area contributed by atoms with E-state index in [1.54, 1.807) is 29.5 Å². The lowest BCUT2D eigenvalue weighted by Crippen LogP contribution is -2.21. The number of para-hydroxylation sites is 1. The van der Waals surface area contributed by atoms with Crippen LogP contribution in [0.1, 0.15) is 23.4 Å². The summed E-state index contributed by atoms with van der Waals surface area (Å²) in [6.07, 6.45) is 1.59. The summed E-state index contributed by atoms with van der Waals surface area (Å²) >= 11 is 7.65. The highest BCUT2D eigenvalue weighted by molar-refractivity contribution is 7.18. The molecule has 1 amide bonds. The molecular weight excluding hydrogens is 384 g/mol. The summed E-state index contributed by atoms with van der Waals surface area (Å²) in [5.41, 5.74) is 2.36. The molecule has 1 aromatic heterocycles. The van der Waals surface area contributed by atoms with Gasteiger partial charge < -0.3 is 10.1 Å². The van der Waals surface area contributed by atoms with E-state index in [0.717, 1.165) is 20.8 Å². The average Bonchev–Trinajstić information content (AvgIpc) is 3.06. The Labute approximate surface area is 166 Å². The Kier molecular flexibility index (Phi) is 6.42. The summed E-state index contributed by atoms with van der Waals surface area (Å²) in [4.78, 5) is 28.3. The van der Waals surface area contributed by atoms with Crippen LogP contribution in [0.5, 0.6) is 0 Å².